The number of aryl methyl sites for hydroxylation is 2. The normalized spacial score (nSPS) is 10.6. The van der Waals surface area contributed by atoms with Gasteiger partial charge in [-0.1, -0.05) is 11.8 Å². The molecule has 0 saturated carbocycles. The molecule has 0 saturated heterocycles. The number of aromatic nitrogens is 4. The summed E-state index contributed by atoms with van der Waals surface area (Å²) in [6.45, 7) is 0. The maximum atomic E-state index is 12.2. The Morgan fingerprint density at radius 2 is 1.00 bits per heavy atom. The number of ether oxygens (including phenoxy) is 2. The quantitative estimate of drug-likeness (QED) is 0.296. The summed E-state index contributed by atoms with van der Waals surface area (Å²) in [7, 11) is 2.90. The van der Waals surface area contributed by atoms with Gasteiger partial charge in [-0.2, -0.15) is 10.2 Å². The third-order valence-corrected chi connectivity index (χ3v) is 5.66. The molecule has 176 valence electrons. The molecule has 0 aliphatic carbocycles. The van der Waals surface area contributed by atoms with Gasteiger partial charge < -0.3 is 9.47 Å². The summed E-state index contributed by atoms with van der Waals surface area (Å²) in [4.78, 5) is 49.0. The second-order valence-electron chi connectivity index (χ2n) is 7.18. The highest BCUT2D eigenvalue weighted by Gasteiger charge is 2.13. The van der Waals surface area contributed by atoms with Gasteiger partial charge in [0.15, 0.2) is 11.4 Å². The maximum absolute atomic E-state index is 12.2. The first-order valence-electron chi connectivity index (χ1n) is 10.2. The number of hydrogen-bond acceptors (Lipinski definition) is 9. The first-order valence-corrected chi connectivity index (χ1v) is 11.0. The third-order valence-electron chi connectivity index (χ3n) is 4.64. The van der Waals surface area contributed by atoms with E-state index in [2.05, 4.69) is 10.2 Å². The average Bonchev–Trinajstić information content (AvgIpc) is 2.85. The summed E-state index contributed by atoms with van der Waals surface area (Å²) in [5.41, 5.74) is -0.595. The van der Waals surface area contributed by atoms with Gasteiger partial charge >= 0.3 is 11.9 Å². The van der Waals surface area contributed by atoms with E-state index in [0.717, 1.165) is 19.2 Å². The summed E-state index contributed by atoms with van der Waals surface area (Å²) in [6.07, 6.45) is 0. The molecule has 0 aliphatic heterocycles. The zero-order chi connectivity index (χ0) is 24.9. The molecule has 0 bridgehead atoms. The van der Waals surface area contributed by atoms with Crippen LogP contribution in [0.3, 0.4) is 0 Å². The van der Waals surface area contributed by atoms with Crippen LogP contribution in [0.4, 0.5) is 0 Å². The molecule has 0 amide bonds. The van der Waals surface area contributed by atoms with Crippen LogP contribution in [-0.2, 0) is 14.1 Å². The number of carbonyl (C=O) groups excluding carboxylic acids is 2. The van der Waals surface area contributed by atoms with E-state index in [-0.39, 0.29) is 22.5 Å². The van der Waals surface area contributed by atoms with Crippen molar-refractivity contribution in [2.24, 2.45) is 14.1 Å². The molecular formula is C24H18N4O6S. The fourth-order valence-electron chi connectivity index (χ4n) is 2.83. The van der Waals surface area contributed by atoms with Crippen LogP contribution in [0.1, 0.15) is 21.0 Å². The molecule has 0 aliphatic rings. The highest BCUT2D eigenvalue weighted by Crippen LogP contribution is 2.30. The summed E-state index contributed by atoms with van der Waals surface area (Å²) >= 11 is 1.46. The zero-order valence-corrected chi connectivity index (χ0v) is 19.4. The molecule has 2 aromatic carbocycles. The molecule has 0 N–H and O–H groups in total. The van der Waals surface area contributed by atoms with Gasteiger partial charge in [-0.3, -0.25) is 9.59 Å². The fourth-order valence-corrected chi connectivity index (χ4v) is 3.65. The summed E-state index contributed by atoms with van der Waals surface area (Å²) in [5.74, 6) is -0.660. The number of esters is 2. The molecule has 11 heteroatoms. The molecule has 2 aromatic heterocycles. The number of benzene rings is 2. The number of nitrogens with zero attached hydrogens (tertiary/aromatic N) is 4. The van der Waals surface area contributed by atoms with Gasteiger partial charge in [0.25, 0.3) is 11.1 Å². The third kappa shape index (κ3) is 5.89. The van der Waals surface area contributed by atoms with E-state index in [9.17, 15) is 19.2 Å². The second kappa shape index (κ2) is 10.2. The van der Waals surface area contributed by atoms with E-state index >= 15 is 0 Å². The molecule has 4 rings (SSSR count). The van der Waals surface area contributed by atoms with Crippen molar-refractivity contribution in [1.29, 1.82) is 0 Å². The van der Waals surface area contributed by atoms with Crippen LogP contribution in [0.5, 0.6) is 11.5 Å². The molecule has 0 radical (unpaired) electrons. The minimum Gasteiger partial charge on any atom is -0.422 e. The summed E-state index contributed by atoms with van der Waals surface area (Å²) in [6, 6.07) is 18.9. The van der Waals surface area contributed by atoms with Gasteiger partial charge in [-0.05, 0) is 60.7 Å². The van der Waals surface area contributed by atoms with Crippen LogP contribution in [0.15, 0.2) is 92.2 Å². The largest absolute Gasteiger partial charge is 0.422 e. The molecule has 0 unspecified atom stereocenters. The Morgan fingerprint density at radius 1 is 0.629 bits per heavy atom. The Labute approximate surface area is 202 Å². The molecular weight excluding hydrogens is 472 g/mol. The smallest absolute Gasteiger partial charge is 0.364 e. The van der Waals surface area contributed by atoms with E-state index in [1.54, 1.807) is 48.5 Å². The van der Waals surface area contributed by atoms with E-state index < -0.39 is 11.9 Å². The minimum atomic E-state index is -0.668. The van der Waals surface area contributed by atoms with E-state index in [1.165, 1.54) is 50.1 Å². The number of hydrogen-bond donors (Lipinski definition) is 0. The highest BCUT2D eigenvalue weighted by molar-refractivity contribution is 7.99. The first kappa shape index (κ1) is 23.6. The Balaban J connectivity index is 1.35. The van der Waals surface area contributed by atoms with Crippen LogP contribution < -0.4 is 20.6 Å². The maximum Gasteiger partial charge on any atom is 0.364 e. The summed E-state index contributed by atoms with van der Waals surface area (Å²) < 4.78 is 12.7. The van der Waals surface area contributed by atoms with Gasteiger partial charge in [0.2, 0.25) is 0 Å². The second-order valence-corrected chi connectivity index (χ2v) is 8.33. The molecule has 0 atom stereocenters. The molecule has 0 fully saturated rings. The Hall–Kier alpha value is -4.51. The molecule has 2 heterocycles. The van der Waals surface area contributed by atoms with Gasteiger partial charge in [0.1, 0.15) is 11.5 Å². The Morgan fingerprint density at radius 3 is 1.34 bits per heavy atom. The highest BCUT2D eigenvalue weighted by atomic mass is 32.2. The van der Waals surface area contributed by atoms with Gasteiger partial charge in [0, 0.05) is 36.0 Å². The topological polar surface area (TPSA) is 122 Å². The molecule has 35 heavy (non-hydrogen) atoms. The van der Waals surface area contributed by atoms with Gasteiger partial charge in [-0.15, -0.1) is 0 Å². The minimum absolute atomic E-state index is 0.0263. The van der Waals surface area contributed by atoms with Crippen LogP contribution in [-0.4, -0.2) is 31.5 Å². The van der Waals surface area contributed by atoms with E-state index in [4.69, 9.17) is 9.47 Å². The number of rotatable bonds is 6. The van der Waals surface area contributed by atoms with Crippen LogP contribution in [0, 0.1) is 0 Å². The van der Waals surface area contributed by atoms with Crippen molar-refractivity contribution in [2.75, 3.05) is 0 Å². The SMILES string of the molecule is Cn1nc(C(=O)Oc2ccc(Sc3ccc(OC(=O)c4ccc(=O)n(C)n4)cc3)cc2)ccc1=O. The van der Waals surface area contributed by atoms with Crippen molar-refractivity contribution in [1.82, 2.24) is 19.6 Å². The molecule has 4 aromatic rings. The Bertz CT molecular complexity index is 1400. The van der Waals surface area contributed by atoms with Crippen LogP contribution in [0.25, 0.3) is 0 Å². The summed E-state index contributed by atoms with van der Waals surface area (Å²) in [5, 5.41) is 7.74. The lowest BCUT2D eigenvalue weighted by Gasteiger charge is -2.07. The van der Waals surface area contributed by atoms with E-state index in [1.807, 2.05) is 0 Å². The number of carbonyl (C=O) groups is 2. The fraction of sp³-hybridized carbons (Fsp3) is 0.0833. The standard InChI is InChI=1S/C24H18N4O6S/c1-27-21(29)13-11-19(25-27)23(31)33-15-3-7-17(8-4-15)35-18-9-5-16(6-10-18)34-24(32)20-12-14-22(30)28(2)26-20/h3-14H,1-2H3. The van der Waals surface area contributed by atoms with Crippen LogP contribution >= 0.6 is 11.8 Å². The first-order chi connectivity index (χ1) is 16.8. The van der Waals surface area contributed by atoms with Crippen molar-refractivity contribution in [3.63, 3.8) is 0 Å². The lowest BCUT2D eigenvalue weighted by Crippen LogP contribution is -2.22. The molecule has 10 nitrogen and oxygen atoms in total. The van der Waals surface area contributed by atoms with Crippen molar-refractivity contribution < 1.29 is 19.1 Å². The monoisotopic (exact) mass is 490 g/mol. The van der Waals surface area contributed by atoms with E-state index in [0.29, 0.717) is 11.5 Å². The lowest BCUT2D eigenvalue weighted by molar-refractivity contribution is 0.0716. The van der Waals surface area contributed by atoms with Crippen molar-refractivity contribution >= 4 is 23.7 Å². The lowest BCUT2D eigenvalue weighted by atomic mass is 10.3. The average molecular weight is 490 g/mol. The van der Waals surface area contributed by atoms with Crippen molar-refractivity contribution in [3.05, 3.63) is 105 Å². The predicted molar refractivity (Wildman–Crippen MR) is 126 cm³/mol. The van der Waals surface area contributed by atoms with Crippen molar-refractivity contribution in [3.8, 4) is 11.5 Å². The molecule has 0 spiro atoms. The Kier molecular flexibility index (Phi) is 6.88. The van der Waals surface area contributed by atoms with Crippen molar-refractivity contribution in [2.45, 2.75) is 9.79 Å². The van der Waals surface area contributed by atoms with Gasteiger partial charge in [-0.25, -0.2) is 19.0 Å². The zero-order valence-electron chi connectivity index (χ0n) is 18.6. The van der Waals surface area contributed by atoms with Crippen LogP contribution in [0.2, 0.25) is 0 Å². The predicted octanol–water partition coefficient (Wildman–Crippen LogP) is 2.46. The van der Waals surface area contributed by atoms with Gasteiger partial charge in [0.05, 0.1) is 0 Å².